The number of carbonyl (C=O) groups is 3. The lowest BCUT2D eigenvalue weighted by molar-refractivity contribution is -0.171. The molecular weight excluding hydrogens is 326 g/mol. The van der Waals surface area contributed by atoms with Crippen LogP contribution in [0, 0.1) is 23.7 Å². The molecule has 3 fully saturated rings. The molecule has 25 heavy (non-hydrogen) atoms. The number of nitrogens with one attached hydrogen (secondary N) is 1. The number of rotatable bonds is 4. The van der Waals surface area contributed by atoms with E-state index in [-0.39, 0.29) is 41.7 Å². The molecule has 0 bridgehead atoms. The summed E-state index contributed by atoms with van der Waals surface area (Å²) in [6.45, 7) is 4.12. The maximum absolute atomic E-state index is 12.4. The largest absolute Gasteiger partial charge is 0.480 e. The van der Waals surface area contributed by atoms with Crippen LogP contribution in [-0.2, 0) is 14.4 Å². The second-order valence-electron chi connectivity index (χ2n) is 7.91. The van der Waals surface area contributed by atoms with Crippen LogP contribution in [0.1, 0.15) is 20.3 Å². The van der Waals surface area contributed by atoms with Gasteiger partial charge in [-0.15, -0.1) is 0 Å². The minimum atomic E-state index is -1.00. The monoisotopic (exact) mass is 353 g/mol. The number of carbonyl (C=O) groups excluding carboxylic acids is 2. The summed E-state index contributed by atoms with van der Waals surface area (Å²) in [5.74, 6) is -2.04. The molecule has 3 rings (SSSR count). The van der Waals surface area contributed by atoms with E-state index in [9.17, 15) is 24.6 Å². The number of aliphatic carboxylic acids is 1. The van der Waals surface area contributed by atoms with E-state index in [1.807, 2.05) is 6.92 Å². The van der Waals surface area contributed by atoms with Crippen LogP contribution in [0.4, 0.5) is 0 Å². The lowest BCUT2D eigenvalue weighted by atomic mass is 9.73. The van der Waals surface area contributed by atoms with E-state index in [2.05, 4.69) is 5.32 Å². The van der Waals surface area contributed by atoms with Crippen LogP contribution in [0.3, 0.4) is 0 Å². The molecule has 3 N–H and O–H groups in total. The number of carboxylic acids is 1. The highest BCUT2D eigenvalue weighted by Gasteiger charge is 2.65. The topological polar surface area (TPSA) is 110 Å². The number of aliphatic hydroxyl groups is 1. The first kappa shape index (κ1) is 18.1. The highest BCUT2D eigenvalue weighted by atomic mass is 16.4. The smallest absolute Gasteiger partial charge is 0.326 e. The van der Waals surface area contributed by atoms with Crippen LogP contribution < -0.4 is 5.32 Å². The summed E-state index contributed by atoms with van der Waals surface area (Å²) < 4.78 is 0. The van der Waals surface area contributed by atoms with Gasteiger partial charge < -0.3 is 25.3 Å². The summed E-state index contributed by atoms with van der Waals surface area (Å²) >= 11 is 0. The van der Waals surface area contributed by atoms with E-state index < -0.39 is 24.0 Å². The van der Waals surface area contributed by atoms with Crippen LogP contribution >= 0.6 is 0 Å². The minimum absolute atomic E-state index is 0.0121. The SMILES string of the molecule is C[C@@H]1C([C@H]2CN[C@H](C(=O)N(C)C)C2)C(C(=O)O)N2C(=O)[C@H]([C@@H](C)O)C12. The summed E-state index contributed by atoms with van der Waals surface area (Å²) in [5, 5.41) is 22.8. The van der Waals surface area contributed by atoms with Gasteiger partial charge in [-0.05, 0) is 37.6 Å². The van der Waals surface area contributed by atoms with E-state index in [1.165, 1.54) is 9.80 Å². The molecule has 3 unspecified atom stereocenters. The number of aliphatic hydroxyl groups excluding tert-OH is 1. The number of carboxylic acid groups (broad SMARTS) is 1. The van der Waals surface area contributed by atoms with Crippen LogP contribution in [0.15, 0.2) is 0 Å². The molecule has 8 atom stereocenters. The van der Waals surface area contributed by atoms with E-state index in [4.69, 9.17) is 0 Å². The lowest BCUT2D eigenvalue weighted by Crippen LogP contribution is -2.65. The van der Waals surface area contributed by atoms with Gasteiger partial charge in [-0.3, -0.25) is 9.59 Å². The average Bonchev–Trinajstić information content (AvgIpc) is 3.07. The molecule has 8 heteroatoms. The highest BCUT2D eigenvalue weighted by Crippen LogP contribution is 2.51. The Labute approximate surface area is 147 Å². The van der Waals surface area contributed by atoms with E-state index >= 15 is 0 Å². The van der Waals surface area contributed by atoms with Gasteiger partial charge in [0.25, 0.3) is 0 Å². The minimum Gasteiger partial charge on any atom is -0.480 e. The molecule has 3 aliphatic heterocycles. The first-order chi connectivity index (χ1) is 11.7. The van der Waals surface area contributed by atoms with Gasteiger partial charge in [0.2, 0.25) is 11.8 Å². The third-order valence-electron chi connectivity index (χ3n) is 6.26. The first-order valence-electron chi connectivity index (χ1n) is 8.84. The quantitative estimate of drug-likeness (QED) is 0.558. The standard InChI is InChI=1S/C17H27N3O5/c1-7-11(9-5-10(18-6-9)15(22)19(3)4)14(17(24)25)20-13(7)12(8(2)21)16(20)23/h7-14,18,21H,5-6H2,1-4H3,(H,24,25)/t7-,8-,9-,10+,11?,12-,13?,14?/m1/s1. The summed E-state index contributed by atoms with van der Waals surface area (Å²) in [5.41, 5.74) is 0. The summed E-state index contributed by atoms with van der Waals surface area (Å²) in [4.78, 5) is 39.5. The number of amides is 2. The molecule has 2 amide bonds. The van der Waals surface area contributed by atoms with Crippen molar-refractivity contribution in [3.05, 3.63) is 0 Å². The predicted molar refractivity (Wildman–Crippen MR) is 88.5 cm³/mol. The fourth-order valence-corrected chi connectivity index (χ4v) is 5.18. The molecule has 140 valence electrons. The van der Waals surface area contributed by atoms with Gasteiger partial charge in [0, 0.05) is 20.1 Å². The van der Waals surface area contributed by atoms with E-state index in [0.29, 0.717) is 13.0 Å². The van der Waals surface area contributed by atoms with Crippen molar-refractivity contribution < 1.29 is 24.6 Å². The molecule has 0 aromatic carbocycles. The van der Waals surface area contributed by atoms with Crippen LogP contribution in [0.25, 0.3) is 0 Å². The van der Waals surface area contributed by atoms with Crippen molar-refractivity contribution >= 4 is 17.8 Å². The summed E-state index contributed by atoms with van der Waals surface area (Å²) in [6, 6.07) is -1.41. The molecule has 3 saturated heterocycles. The zero-order valence-corrected chi connectivity index (χ0v) is 15.0. The molecule has 0 saturated carbocycles. The van der Waals surface area contributed by atoms with Crippen LogP contribution in [-0.4, -0.2) is 82.7 Å². The predicted octanol–water partition coefficient (Wildman–Crippen LogP) is -1.02. The number of hydrogen-bond donors (Lipinski definition) is 3. The van der Waals surface area contributed by atoms with Crippen molar-refractivity contribution in [1.29, 1.82) is 0 Å². The van der Waals surface area contributed by atoms with Crippen molar-refractivity contribution in [2.45, 2.75) is 44.5 Å². The fourth-order valence-electron chi connectivity index (χ4n) is 5.18. The Balaban J connectivity index is 1.82. The normalized spacial score (nSPS) is 41.2. The molecule has 8 nitrogen and oxygen atoms in total. The Morgan fingerprint density at radius 1 is 1.36 bits per heavy atom. The molecule has 3 heterocycles. The molecular formula is C17H27N3O5. The van der Waals surface area contributed by atoms with Gasteiger partial charge in [-0.25, -0.2) is 4.79 Å². The van der Waals surface area contributed by atoms with Crippen molar-refractivity contribution in [3.8, 4) is 0 Å². The van der Waals surface area contributed by atoms with Crippen LogP contribution in [0.5, 0.6) is 0 Å². The highest BCUT2D eigenvalue weighted by molar-refractivity contribution is 5.92. The van der Waals surface area contributed by atoms with Gasteiger partial charge in [0.05, 0.1) is 18.1 Å². The third kappa shape index (κ3) is 2.62. The zero-order valence-electron chi connectivity index (χ0n) is 15.0. The Kier molecular flexibility index (Phi) is 4.53. The molecule has 0 aromatic rings. The molecule has 0 radical (unpaired) electrons. The van der Waals surface area contributed by atoms with Gasteiger partial charge in [0.15, 0.2) is 0 Å². The van der Waals surface area contributed by atoms with Crippen molar-refractivity contribution in [2.75, 3.05) is 20.6 Å². The maximum atomic E-state index is 12.4. The van der Waals surface area contributed by atoms with Gasteiger partial charge in [0.1, 0.15) is 6.04 Å². The second-order valence-corrected chi connectivity index (χ2v) is 7.91. The second kappa shape index (κ2) is 6.25. The number of likely N-dealkylation sites (N-methyl/N-ethyl adjacent to an activating group) is 1. The third-order valence-corrected chi connectivity index (χ3v) is 6.26. The van der Waals surface area contributed by atoms with Crippen molar-refractivity contribution in [3.63, 3.8) is 0 Å². The van der Waals surface area contributed by atoms with Crippen LogP contribution in [0.2, 0.25) is 0 Å². The van der Waals surface area contributed by atoms with Crippen molar-refractivity contribution in [2.24, 2.45) is 23.7 Å². The first-order valence-corrected chi connectivity index (χ1v) is 8.84. The summed E-state index contributed by atoms with van der Waals surface area (Å²) in [6.07, 6.45) is -0.210. The summed E-state index contributed by atoms with van der Waals surface area (Å²) in [7, 11) is 3.40. The van der Waals surface area contributed by atoms with Gasteiger partial charge in [-0.1, -0.05) is 6.92 Å². The Hall–Kier alpha value is -1.67. The maximum Gasteiger partial charge on any atom is 0.326 e. The van der Waals surface area contributed by atoms with Crippen molar-refractivity contribution in [1.82, 2.24) is 15.1 Å². The molecule has 0 spiro atoms. The Morgan fingerprint density at radius 3 is 2.52 bits per heavy atom. The zero-order chi connectivity index (χ0) is 18.6. The molecule has 0 aliphatic carbocycles. The number of nitrogens with zero attached hydrogens (tertiary/aromatic N) is 2. The van der Waals surface area contributed by atoms with E-state index in [1.54, 1.807) is 21.0 Å². The number of hydrogen-bond acceptors (Lipinski definition) is 5. The fraction of sp³-hybridized carbons (Fsp3) is 0.824. The average molecular weight is 353 g/mol. The Morgan fingerprint density at radius 2 is 2.00 bits per heavy atom. The molecule has 3 aliphatic rings. The van der Waals surface area contributed by atoms with Gasteiger partial charge in [-0.2, -0.15) is 0 Å². The van der Waals surface area contributed by atoms with E-state index in [0.717, 1.165) is 0 Å². The van der Waals surface area contributed by atoms with Gasteiger partial charge >= 0.3 is 5.97 Å². The number of β-lactam (4-membered cyclic amide) rings is 1. The number of fused-ring (bicyclic) bond motifs is 1. The lowest BCUT2D eigenvalue weighted by Gasteiger charge is -2.47. The molecule has 0 aromatic heterocycles. The Bertz CT molecular complexity index is 593.